The Morgan fingerprint density at radius 3 is 2.88 bits per heavy atom. The summed E-state index contributed by atoms with van der Waals surface area (Å²) in [5.74, 6) is 0. The number of hydrogen-bond acceptors (Lipinski definition) is 3. The van der Waals surface area contributed by atoms with Crippen molar-refractivity contribution in [2.45, 2.75) is 50.8 Å². The van der Waals surface area contributed by atoms with Crippen molar-refractivity contribution >= 4 is 0 Å². The van der Waals surface area contributed by atoms with Crippen molar-refractivity contribution in [2.75, 3.05) is 7.11 Å². The average Bonchev–Trinajstić information content (AvgIpc) is 2.70. The molecule has 1 aliphatic rings. The standard InChI is InChI=1S/C12H21N3O/c1-3-10(13)11-7-14-9-15(11)8-12(16-2)5-4-6-12/h7,9-10H,3-6,8,13H2,1-2H3/t10-/m1/s1. The van der Waals surface area contributed by atoms with Crippen LogP contribution in [0.1, 0.15) is 44.3 Å². The molecule has 0 unspecified atom stereocenters. The number of methoxy groups -OCH3 is 1. The van der Waals surface area contributed by atoms with Crippen LogP contribution in [0, 0.1) is 0 Å². The Bertz CT molecular complexity index is 338. The van der Waals surface area contributed by atoms with Gasteiger partial charge in [0.25, 0.3) is 0 Å². The van der Waals surface area contributed by atoms with E-state index in [1.54, 1.807) is 7.11 Å². The molecule has 4 nitrogen and oxygen atoms in total. The highest BCUT2D eigenvalue weighted by Gasteiger charge is 2.37. The number of imidazole rings is 1. The van der Waals surface area contributed by atoms with Crippen molar-refractivity contribution in [3.8, 4) is 0 Å². The largest absolute Gasteiger partial charge is 0.376 e. The second-order valence-electron chi connectivity index (χ2n) is 4.70. The van der Waals surface area contributed by atoms with Gasteiger partial charge in [-0.15, -0.1) is 0 Å². The molecule has 0 aromatic carbocycles. The predicted octanol–water partition coefficient (Wildman–Crippen LogP) is 1.86. The molecule has 2 rings (SSSR count). The molecular formula is C12H21N3O. The minimum absolute atomic E-state index is 0.0307. The summed E-state index contributed by atoms with van der Waals surface area (Å²) < 4.78 is 7.78. The molecule has 4 heteroatoms. The van der Waals surface area contributed by atoms with E-state index in [1.807, 2.05) is 12.5 Å². The molecule has 1 saturated carbocycles. The van der Waals surface area contributed by atoms with Gasteiger partial charge < -0.3 is 15.0 Å². The molecule has 0 bridgehead atoms. The summed E-state index contributed by atoms with van der Waals surface area (Å²) in [7, 11) is 1.80. The SMILES string of the molecule is CC[C@@H](N)c1cncn1CC1(OC)CCC1. The van der Waals surface area contributed by atoms with Gasteiger partial charge in [-0.2, -0.15) is 0 Å². The van der Waals surface area contributed by atoms with Gasteiger partial charge in [0.1, 0.15) is 0 Å². The Balaban J connectivity index is 2.12. The molecule has 90 valence electrons. The molecule has 1 aromatic heterocycles. The third-order valence-electron chi connectivity index (χ3n) is 3.72. The van der Waals surface area contributed by atoms with Crippen LogP contribution in [0.25, 0.3) is 0 Å². The molecular weight excluding hydrogens is 202 g/mol. The Morgan fingerprint density at radius 1 is 1.62 bits per heavy atom. The van der Waals surface area contributed by atoms with Crippen molar-refractivity contribution in [1.82, 2.24) is 9.55 Å². The first-order chi connectivity index (χ1) is 7.71. The van der Waals surface area contributed by atoms with E-state index < -0.39 is 0 Å². The van der Waals surface area contributed by atoms with Gasteiger partial charge in [-0.3, -0.25) is 0 Å². The van der Waals surface area contributed by atoms with Crippen LogP contribution in [0.15, 0.2) is 12.5 Å². The summed E-state index contributed by atoms with van der Waals surface area (Å²) in [5.41, 5.74) is 7.20. The lowest BCUT2D eigenvalue weighted by molar-refractivity contribution is -0.0840. The van der Waals surface area contributed by atoms with Crippen molar-refractivity contribution in [3.05, 3.63) is 18.2 Å². The van der Waals surface area contributed by atoms with Gasteiger partial charge in [-0.05, 0) is 25.7 Å². The van der Waals surface area contributed by atoms with Crippen LogP contribution in [0.2, 0.25) is 0 Å². The third-order valence-corrected chi connectivity index (χ3v) is 3.72. The van der Waals surface area contributed by atoms with E-state index in [2.05, 4.69) is 16.5 Å². The highest BCUT2D eigenvalue weighted by atomic mass is 16.5. The van der Waals surface area contributed by atoms with E-state index >= 15 is 0 Å². The Labute approximate surface area is 96.8 Å². The van der Waals surface area contributed by atoms with Crippen LogP contribution in [-0.2, 0) is 11.3 Å². The van der Waals surface area contributed by atoms with Crippen LogP contribution in [0.5, 0.6) is 0 Å². The topological polar surface area (TPSA) is 53.1 Å². The fraction of sp³-hybridized carbons (Fsp3) is 0.750. The Hall–Kier alpha value is -0.870. The van der Waals surface area contributed by atoms with E-state index in [9.17, 15) is 0 Å². The van der Waals surface area contributed by atoms with Crippen molar-refractivity contribution in [3.63, 3.8) is 0 Å². The van der Waals surface area contributed by atoms with Gasteiger partial charge in [0.05, 0.1) is 24.2 Å². The summed E-state index contributed by atoms with van der Waals surface area (Å²) in [5, 5.41) is 0. The molecule has 1 aromatic rings. The van der Waals surface area contributed by atoms with Crippen LogP contribution >= 0.6 is 0 Å². The lowest BCUT2D eigenvalue weighted by atomic mass is 9.80. The quantitative estimate of drug-likeness (QED) is 0.829. The zero-order chi connectivity index (χ0) is 11.6. The number of nitrogens with two attached hydrogens (primary N) is 1. The van der Waals surface area contributed by atoms with Gasteiger partial charge in [-0.25, -0.2) is 4.98 Å². The van der Waals surface area contributed by atoms with Crippen LogP contribution < -0.4 is 5.73 Å². The van der Waals surface area contributed by atoms with Crippen LogP contribution in [-0.4, -0.2) is 22.3 Å². The van der Waals surface area contributed by atoms with Crippen molar-refractivity contribution in [1.29, 1.82) is 0 Å². The fourth-order valence-electron chi connectivity index (χ4n) is 2.29. The summed E-state index contributed by atoms with van der Waals surface area (Å²) in [4.78, 5) is 4.20. The normalized spacial score (nSPS) is 20.4. The molecule has 16 heavy (non-hydrogen) atoms. The van der Waals surface area contributed by atoms with Gasteiger partial charge in [-0.1, -0.05) is 6.92 Å². The zero-order valence-electron chi connectivity index (χ0n) is 10.1. The first kappa shape index (κ1) is 11.6. The fourth-order valence-corrected chi connectivity index (χ4v) is 2.29. The number of rotatable bonds is 5. The van der Waals surface area contributed by atoms with Gasteiger partial charge in [0, 0.05) is 19.3 Å². The predicted molar refractivity (Wildman–Crippen MR) is 63.0 cm³/mol. The average molecular weight is 223 g/mol. The molecule has 0 radical (unpaired) electrons. The molecule has 1 aliphatic carbocycles. The molecule has 2 N–H and O–H groups in total. The van der Waals surface area contributed by atoms with E-state index in [-0.39, 0.29) is 11.6 Å². The first-order valence-corrected chi connectivity index (χ1v) is 6.01. The monoisotopic (exact) mass is 223 g/mol. The minimum atomic E-state index is 0.0307. The second-order valence-corrected chi connectivity index (χ2v) is 4.70. The summed E-state index contributed by atoms with van der Waals surface area (Å²) in [6.07, 6.45) is 8.22. The molecule has 1 fully saturated rings. The van der Waals surface area contributed by atoms with Crippen molar-refractivity contribution in [2.24, 2.45) is 5.73 Å². The number of hydrogen-bond donors (Lipinski definition) is 1. The molecule has 0 aliphatic heterocycles. The zero-order valence-corrected chi connectivity index (χ0v) is 10.1. The molecule has 0 saturated heterocycles. The van der Waals surface area contributed by atoms with Crippen LogP contribution in [0.4, 0.5) is 0 Å². The van der Waals surface area contributed by atoms with E-state index in [1.165, 1.54) is 6.42 Å². The number of nitrogens with zero attached hydrogens (tertiary/aromatic N) is 2. The molecule has 1 atom stereocenters. The van der Waals surface area contributed by atoms with Gasteiger partial charge >= 0.3 is 0 Å². The number of ether oxygens (including phenoxy) is 1. The van der Waals surface area contributed by atoms with Crippen LogP contribution in [0.3, 0.4) is 0 Å². The molecule has 0 spiro atoms. The Kier molecular flexibility index (Phi) is 3.30. The molecule has 0 amide bonds. The lowest BCUT2D eigenvalue weighted by Gasteiger charge is -2.41. The molecule has 1 heterocycles. The second kappa shape index (κ2) is 4.55. The highest BCUT2D eigenvalue weighted by Crippen LogP contribution is 2.37. The maximum absolute atomic E-state index is 6.06. The van der Waals surface area contributed by atoms with E-state index in [0.29, 0.717) is 0 Å². The van der Waals surface area contributed by atoms with E-state index in [0.717, 1.165) is 31.5 Å². The number of aromatic nitrogens is 2. The lowest BCUT2D eigenvalue weighted by Crippen LogP contribution is -2.43. The Morgan fingerprint density at radius 2 is 2.38 bits per heavy atom. The summed E-state index contributed by atoms with van der Waals surface area (Å²) in [6.45, 7) is 2.98. The minimum Gasteiger partial charge on any atom is -0.376 e. The summed E-state index contributed by atoms with van der Waals surface area (Å²) in [6, 6.07) is 0.0801. The third kappa shape index (κ3) is 1.99. The first-order valence-electron chi connectivity index (χ1n) is 6.01. The van der Waals surface area contributed by atoms with E-state index in [4.69, 9.17) is 10.5 Å². The van der Waals surface area contributed by atoms with Gasteiger partial charge in [0.2, 0.25) is 0 Å². The maximum atomic E-state index is 6.06. The highest BCUT2D eigenvalue weighted by molar-refractivity contribution is 5.06. The smallest absolute Gasteiger partial charge is 0.0949 e. The maximum Gasteiger partial charge on any atom is 0.0949 e. The summed E-state index contributed by atoms with van der Waals surface area (Å²) >= 11 is 0. The van der Waals surface area contributed by atoms with Gasteiger partial charge in [0.15, 0.2) is 0 Å². The van der Waals surface area contributed by atoms with Crippen molar-refractivity contribution < 1.29 is 4.74 Å².